The Labute approximate surface area is 123 Å². The summed E-state index contributed by atoms with van der Waals surface area (Å²) >= 11 is 0. The number of nitrogens with one attached hydrogen (secondary N) is 1. The topological polar surface area (TPSA) is 98.3 Å². The number of oxazole rings is 1. The summed E-state index contributed by atoms with van der Waals surface area (Å²) in [7, 11) is -1.32. The minimum atomic E-state index is -1.32. The standard InChI is InChI=1S/C13H15N3O4S/c17-16(18)10-3-4-12-11(6-10)15-13(20-12)21(19)8-9-2-1-5-14-7-9/h3-4,6,9,14H,1-2,5,7-8H2/t9-,21+/m0/s1. The van der Waals surface area contributed by atoms with Crippen LogP contribution in [0.4, 0.5) is 5.69 Å². The fraction of sp³-hybridized carbons (Fsp3) is 0.462. The molecular formula is C13H15N3O4S. The highest BCUT2D eigenvalue weighted by Crippen LogP contribution is 2.24. The van der Waals surface area contributed by atoms with Crippen molar-refractivity contribution in [1.82, 2.24) is 10.3 Å². The van der Waals surface area contributed by atoms with Gasteiger partial charge in [0.25, 0.3) is 10.9 Å². The molecule has 0 unspecified atom stereocenters. The number of non-ortho nitro benzene ring substituents is 1. The summed E-state index contributed by atoms with van der Waals surface area (Å²) in [5.74, 6) is 0.853. The fourth-order valence-corrected chi connectivity index (χ4v) is 3.70. The van der Waals surface area contributed by atoms with Crippen molar-refractivity contribution in [1.29, 1.82) is 0 Å². The molecule has 1 fully saturated rings. The van der Waals surface area contributed by atoms with Gasteiger partial charge < -0.3 is 9.73 Å². The van der Waals surface area contributed by atoms with Gasteiger partial charge in [-0.15, -0.1) is 0 Å². The van der Waals surface area contributed by atoms with Crippen LogP contribution in [0.1, 0.15) is 12.8 Å². The van der Waals surface area contributed by atoms with Gasteiger partial charge in [0.1, 0.15) is 16.3 Å². The van der Waals surface area contributed by atoms with Crippen molar-refractivity contribution in [2.75, 3.05) is 18.8 Å². The normalized spacial score (nSPS) is 20.5. The van der Waals surface area contributed by atoms with Crippen LogP contribution < -0.4 is 5.32 Å². The maximum Gasteiger partial charge on any atom is 0.287 e. The first-order valence-corrected chi connectivity index (χ1v) is 8.09. The summed E-state index contributed by atoms with van der Waals surface area (Å²) < 4.78 is 17.7. The molecule has 1 aliphatic rings. The van der Waals surface area contributed by atoms with E-state index in [1.165, 1.54) is 18.2 Å². The van der Waals surface area contributed by atoms with E-state index in [4.69, 9.17) is 4.42 Å². The van der Waals surface area contributed by atoms with Gasteiger partial charge in [-0.1, -0.05) is 0 Å². The number of aromatic nitrogens is 1. The number of rotatable bonds is 4. The molecule has 2 aromatic rings. The van der Waals surface area contributed by atoms with Gasteiger partial charge in [0, 0.05) is 17.9 Å². The molecule has 0 amide bonds. The summed E-state index contributed by atoms with van der Waals surface area (Å²) in [5.41, 5.74) is 0.740. The van der Waals surface area contributed by atoms with Gasteiger partial charge in [-0.3, -0.25) is 10.1 Å². The molecule has 7 nitrogen and oxygen atoms in total. The second-order valence-corrected chi connectivity index (χ2v) is 6.49. The van der Waals surface area contributed by atoms with Gasteiger partial charge in [0.2, 0.25) is 0 Å². The molecule has 0 radical (unpaired) electrons. The molecule has 0 spiro atoms. The van der Waals surface area contributed by atoms with E-state index >= 15 is 0 Å². The van der Waals surface area contributed by atoms with Gasteiger partial charge in [0.15, 0.2) is 5.58 Å². The zero-order chi connectivity index (χ0) is 14.8. The lowest BCUT2D eigenvalue weighted by Gasteiger charge is -2.21. The van der Waals surface area contributed by atoms with E-state index in [0.29, 0.717) is 22.8 Å². The van der Waals surface area contributed by atoms with Crippen molar-refractivity contribution in [2.24, 2.45) is 5.92 Å². The van der Waals surface area contributed by atoms with Crippen molar-refractivity contribution < 1.29 is 13.5 Å². The van der Waals surface area contributed by atoms with Crippen LogP contribution in [0.5, 0.6) is 0 Å². The summed E-state index contributed by atoms with van der Waals surface area (Å²) in [5, 5.41) is 14.2. The van der Waals surface area contributed by atoms with Crippen LogP contribution >= 0.6 is 0 Å². The first-order chi connectivity index (χ1) is 10.1. The Morgan fingerprint density at radius 1 is 1.52 bits per heavy atom. The molecule has 1 aromatic heterocycles. The van der Waals surface area contributed by atoms with E-state index in [9.17, 15) is 14.3 Å². The Morgan fingerprint density at radius 3 is 3.10 bits per heavy atom. The van der Waals surface area contributed by atoms with Gasteiger partial charge >= 0.3 is 0 Å². The Bertz CT molecular complexity index is 694. The average molecular weight is 309 g/mol. The monoisotopic (exact) mass is 309 g/mol. The molecule has 0 saturated carbocycles. The summed E-state index contributed by atoms with van der Waals surface area (Å²) in [4.78, 5) is 14.4. The van der Waals surface area contributed by atoms with Crippen molar-refractivity contribution in [3.63, 3.8) is 0 Å². The molecule has 0 aliphatic carbocycles. The number of hydrogen-bond donors (Lipinski definition) is 1. The van der Waals surface area contributed by atoms with Crippen LogP contribution in [0.15, 0.2) is 27.8 Å². The third-order valence-corrected chi connectivity index (χ3v) is 4.88. The number of hydrogen-bond acceptors (Lipinski definition) is 6. The van der Waals surface area contributed by atoms with E-state index in [2.05, 4.69) is 10.3 Å². The predicted molar refractivity (Wildman–Crippen MR) is 77.5 cm³/mol. The molecule has 21 heavy (non-hydrogen) atoms. The predicted octanol–water partition coefficient (Wildman–Crippen LogP) is 1.84. The first kappa shape index (κ1) is 14.2. The minimum Gasteiger partial charge on any atom is -0.430 e. The molecule has 2 heterocycles. The third kappa shape index (κ3) is 3.11. The number of nitrogens with zero attached hydrogens (tertiary/aromatic N) is 2. The third-order valence-electron chi connectivity index (χ3n) is 3.54. The van der Waals surface area contributed by atoms with Crippen LogP contribution in [0.3, 0.4) is 0 Å². The zero-order valence-corrected chi connectivity index (χ0v) is 12.1. The highest BCUT2D eigenvalue weighted by molar-refractivity contribution is 7.84. The van der Waals surface area contributed by atoms with Crippen molar-refractivity contribution >= 4 is 27.6 Å². The molecule has 2 atom stereocenters. The van der Waals surface area contributed by atoms with E-state index in [0.717, 1.165) is 25.9 Å². The Hall–Kier alpha value is -1.80. The van der Waals surface area contributed by atoms with E-state index < -0.39 is 15.7 Å². The second kappa shape index (κ2) is 5.90. The van der Waals surface area contributed by atoms with Crippen molar-refractivity contribution in [3.05, 3.63) is 28.3 Å². The SMILES string of the molecule is O=[N+]([O-])c1ccc2oc([S@](=O)C[C@H]3CCCNC3)nc2c1. The Morgan fingerprint density at radius 2 is 2.38 bits per heavy atom. The molecule has 3 rings (SSSR count). The molecule has 8 heteroatoms. The van der Waals surface area contributed by atoms with Gasteiger partial charge in [-0.05, 0) is 37.9 Å². The number of nitro groups is 1. The fourth-order valence-electron chi connectivity index (χ4n) is 2.46. The first-order valence-electron chi connectivity index (χ1n) is 6.77. The molecular weight excluding hydrogens is 294 g/mol. The van der Waals surface area contributed by atoms with Crippen LogP contribution in [-0.2, 0) is 10.8 Å². The maximum atomic E-state index is 12.3. The highest BCUT2D eigenvalue weighted by Gasteiger charge is 2.21. The van der Waals surface area contributed by atoms with E-state index in [1.54, 1.807) is 0 Å². The summed E-state index contributed by atoms with van der Waals surface area (Å²) in [6.45, 7) is 1.87. The van der Waals surface area contributed by atoms with E-state index in [1.807, 2.05) is 0 Å². The van der Waals surface area contributed by atoms with Crippen molar-refractivity contribution in [2.45, 2.75) is 18.1 Å². The number of fused-ring (bicyclic) bond motifs is 1. The lowest BCUT2D eigenvalue weighted by atomic mass is 10.0. The van der Waals surface area contributed by atoms with E-state index in [-0.39, 0.29) is 10.9 Å². The average Bonchev–Trinajstić information content (AvgIpc) is 2.91. The molecule has 1 saturated heterocycles. The van der Waals surface area contributed by atoms with Crippen LogP contribution in [-0.4, -0.2) is 33.0 Å². The van der Waals surface area contributed by atoms with Crippen LogP contribution in [0.25, 0.3) is 11.1 Å². The number of benzene rings is 1. The largest absolute Gasteiger partial charge is 0.430 e. The van der Waals surface area contributed by atoms with Gasteiger partial charge in [-0.2, -0.15) is 0 Å². The summed E-state index contributed by atoms with van der Waals surface area (Å²) in [6, 6.07) is 4.18. The smallest absolute Gasteiger partial charge is 0.287 e. The highest BCUT2D eigenvalue weighted by atomic mass is 32.2. The zero-order valence-electron chi connectivity index (χ0n) is 11.3. The molecule has 1 aromatic carbocycles. The van der Waals surface area contributed by atoms with Crippen LogP contribution in [0, 0.1) is 16.0 Å². The molecule has 1 aliphatic heterocycles. The summed E-state index contributed by atoms with van der Waals surface area (Å²) in [6.07, 6.45) is 2.13. The molecule has 112 valence electrons. The Kier molecular flexibility index (Phi) is 3.98. The molecule has 0 bridgehead atoms. The quantitative estimate of drug-likeness (QED) is 0.683. The maximum absolute atomic E-state index is 12.3. The number of nitro benzene ring substituents is 1. The van der Waals surface area contributed by atoms with Crippen LogP contribution in [0.2, 0.25) is 0 Å². The van der Waals surface area contributed by atoms with Gasteiger partial charge in [0.05, 0.1) is 4.92 Å². The Balaban J connectivity index is 1.79. The lowest BCUT2D eigenvalue weighted by molar-refractivity contribution is -0.384. The van der Waals surface area contributed by atoms with Gasteiger partial charge in [-0.25, -0.2) is 9.19 Å². The van der Waals surface area contributed by atoms with Crippen molar-refractivity contribution in [3.8, 4) is 0 Å². The second-order valence-electron chi connectivity index (χ2n) is 5.11. The minimum absolute atomic E-state index is 0.0513. The lowest BCUT2D eigenvalue weighted by Crippen LogP contribution is -2.32. The number of piperidine rings is 1. The molecule has 1 N–H and O–H groups in total.